The largest absolute Gasteiger partial charge is 0.457 e. The highest BCUT2D eigenvalue weighted by molar-refractivity contribution is 6.09. The molecule has 3 heterocycles. The second kappa shape index (κ2) is 13.8. The molecule has 1 aliphatic carbocycles. The van der Waals surface area contributed by atoms with Gasteiger partial charge in [0.1, 0.15) is 17.3 Å². The Morgan fingerprint density at radius 3 is 2.43 bits per heavy atom. The van der Waals surface area contributed by atoms with E-state index in [9.17, 15) is 0 Å². The van der Waals surface area contributed by atoms with E-state index in [2.05, 4.69) is 150 Å². The van der Waals surface area contributed by atoms with Crippen LogP contribution >= 0.6 is 0 Å². The molecule has 0 N–H and O–H groups in total. The third-order valence-electron chi connectivity index (χ3n) is 11.0. The predicted octanol–water partition coefficient (Wildman–Crippen LogP) is 12.7. The highest BCUT2D eigenvalue weighted by Gasteiger charge is 2.31. The molecule has 3 aromatic carbocycles. The topological polar surface area (TPSA) is 44.9 Å². The summed E-state index contributed by atoms with van der Waals surface area (Å²) in [4.78, 5) is 4.88. The zero-order valence-corrected chi connectivity index (χ0v) is 32.0. The lowest BCUT2D eigenvalue weighted by molar-refractivity contribution is 0.446. The number of pyridine rings is 1. The first-order chi connectivity index (χ1) is 24.4. The first kappa shape index (κ1) is 34.8. The van der Waals surface area contributed by atoms with Crippen molar-refractivity contribution in [2.24, 2.45) is 5.92 Å². The molecule has 7 rings (SSSR count). The average Bonchev–Trinajstić information content (AvgIpc) is 3.60. The minimum absolute atomic E-state index is 0.0122. The number of aryl methyl sites for hydroxylation is 1. The Morgan fingerprint density at radius 2 is 1.69 bits per heavy atom. The Bertz CT molecular complexity index is 2240. The summed E-state index contributed by atoms with van der Waals surface area (Å²) < 4.78 is 11.3. The van der Waals surface area contributed by atoms with Gasteiger partial charge in [0, 0.05) is 46.3 Å². The van der Waals surface area contributed by atoms with Crippen molar-refractivity contribution in [3.63, 3.8) is 0 Å². The van der Waals surface area contributed by atoms with Gasteiger partial charge in [0.15, 0.2) is 0 Å². The van der Waals surface area contributed by atoms with Crippen molar-refractivity contribution < 1.29 is 4.74 Å². The number of nitrogens with zero attached hydrogens (tertiary/aromatic N) is 4. The molecule has 0 spiro atoms. The van der Waals surface area contributed by atoms with Crippen molar-refractivity contribution in [2.45, 2.75) is 112 Å². The summed E-state index contributed by atoms with van der Waals surface area (Å²) in [5, 5.41) is 7.67. The summed E-state index contributed by atoms with van der Waals surface area (Å²) in [5.74, 6) is 3.88. The maximum absolute atomic E-state index is 6.83. The van der Waals surface area contributed by atoms with E-state index < -0.39 is 0 Å². The van der Waals surface area contributed by atoms with E-state index in [0.717, 1.165) is 59.0 Å². The molecule has 0 radical (unpaired) electrons. The molecule has 2 atom stereocenters. The molecule has 6 aromatic rings. The molecule has 0 amide bonds. The van der Waals surface area contributed by atoms with Crippen molar-refractivity contribution in [2.75, 3.05) is 0 Å². The van der Waals surface area contributed by atoms with Gasteiger partial charge < -0.3 is 4.74 Å². The Hall–Kier alpha value is -4.64. The van der Waals surface area contributed by atoms with Crippen molar-refractivity contribution in [3.8, 4) is 23.0 Å². The average molecular weight is 679 g/mol. The number of rotatable bonds is 9. The number of hydrogen-bond donors (Lipinski definition) is 0. The number of ether oxygens (including phenoxy) is 1. The van der Waals surface area contributed by atoms with Gasteiger partial charge in [0.25, 0.3) is 0 Å². The minimum Gasteiger partial charge on any atom is -0.457 e. The lowest BCUT2D eigenvalue weighted by atomic mass is 9.75. The molecular formula is C46H54N4O. The summed E-state index contributed by atoms with van der Waals surface area (Å²) in [6.07, 6.45) is 10.1. The van der Waals surface area contributed by atoms with Gasteiger partial charge in [-0.2, -0.15) is 5.10 Å². The van der Waals surface area contributed by atoms with E-state index in [1.807, 2.05) is 6.20 Å². The second-order valence-corrected chi connectivity index (χ2v) is 16.1. The van der Waals surface area contributed by atoms with Gasteiger partial charge in [-0.1, -0.05) is 84.7 Å². The Kier molecular flexibility index (Phi) is 9.43. The van der Waals surface area contributed by atoms with Gasteiger partial charge in [-0.3, -0.25) is 4.57 Å². The van der Waals surface area contributed by atoms with E-state index in [1.165, 1.54) is 51.6 Å². The fourth-order valence-corrected chi connectivity index (χ4v) is 8.14. The molecule has 0 fully saturated rings. The van der Waals surface area contributed by atoms with Gasteiger partial charge in [0.05, 0.1) is 22.4 Å². The second-order valence-electron chi connectivity index (χ2n) is 16.1. The summed E-state index contributed by atoms with van der Waals surface area (Å²) in [5.41, 5.74) is 11.2. The number of para-hydroxylation sites is 1. The fraction of sp³-hybridized carbons (Fsp3) is 0.391. The number of allylic oxidation sites excluding steroid dienone is 2. The van der Waals surface area contributed by atoms with Crippen LogP contribution in [0.3, 0.4) is 0 Å². The Balaban J connectivity index is 1.34. The van der Waals surface area contributed by atoms with Gasteiger partial charge in [-0.25, -0.2) is 9.67 Å². The summed E-state index contributed by atoms with van der Waals surface area (Å²) in [6.45, 7) is 20.5. The molecule has 0 saturated carbocycles. The predicted molar refractivity (Wildman–Crippen MR) is 213 cm³/mol. The van der Waals surface area contributed by atoms with Crippen LogP contribution in [0.25, 0.3) is 33.3 Å². The number of aromatic nitrogens is 4. The molecule has 5 nitrogen and oxygen atoms in total. The van der Waals surface area contributed by atoms with E-state index in [1.54, 1.807) is 0 Å². The third kappa shape index (κ3) is 6.64. The first-order valence-electron chi connectivity index (χ1n) is 19.0. The molecule has 0 saturated heterocycles. The zero-order valence-electron chi connectivity index (χ0n) is 32.0. The molecule has 1 aliphatic rings. The number of benzene rings is 3. The molecular weight excluding hydrogens is 625 g/mol. The minimum atomic E-state index is 0.0122. The SMILES string of the molecule is CCCCc1c([C@H]2C(C)=CCCC2C)c(C)nn1-c1cc(Oc2ccc3c4ccccc4n(-c4cc(C(C)(C)C)ccn4)c3c2)cc(C(C)C)c1. The number of fused-ring (bicyclic) bond motifs is 3. The zero-order chi connectivity index (χ0) is 36.0. The number of hydrogen-bond acceptors (Lipinski definition) is 3. The molecule has 0 aliphatic heterocycles. The highest BCUT2D eigenvalue weighted by Crippen LogP contribution is 2.43. The molecule has 5 heteroatoms. The Labute approximate surface area is 304 Å². The lowest BCUT2D eigenvalue weighted by Crippen LogP contribution is -2.17. The van der Waals surface area contributed by atoms with Crippen molar-refractivity contribution in [1.29, 1.82) is 0 Å². The monoisotopic (exact) mass is 678 g/mol. The van der Waals surface area contributed by atoms with Gasteiger partial charge in [-0.15, -0.1) is 0 Å². The van der Waals surface area contributed by atoms with Crippen LogP contribution in [0.1, 0.15) is 121 Å². The van der Waals surface area contributed by atoms with E-state index in [0.29, 0.717) is 17.8 Å². The third-order valence-corrected chi connectivity index (χ3v) is 11.0. The van der Waals surface area contributed by atoms with Gasteiger partial charge in [-0.05, 0) is 110 Å². The van der Waals surface area contributed by atoms with Crippen LogP contribution in [0.15, 0.2) is 90.6 Å². The molecule has 51 heavy (non-hydrogen) atoms. The van der Waals surface area contributed by atoms with Crippen LogP contribution in [-0.4, -0.2) is 19.3 Å². The normalized spacial score (nSPS) is 16.7. The van der Waals surface area contributed by atoms with E-state index >= 15 is 0 Å². The van der Waals surface area contributed by atoms with Gasteiger partial charge >= 0.3 is 0 Å². The van der Waals surface area contributed by atoms with Gasteiger partial charge in [0.2, 0.25) is 0 Å². The van der Waals surface area contributed by atoms with E-state index in [4.69, 9.17) is 14.8 Å². The van der Waals surface area contributed by atoms with Crippen LogP contribution in [0.5, 0.6) is 11.5 Å². The standard InChI is InChI=1S/C46H54N4O/c1-10-11-18-41-45(44-30(4)15-14-16-31(44)5)32(6)48-50(41)35-24-33(29(2)3)25-37(27-35)51-36-20-21-39-38-17-12-13-19-40(38)49(42(39)28-36)43-26-34(22-23-47-43)46(7,8)9/h12-13,15,17,19-29,31,44H,10-11,14,16,18H2,1-9H3/t31?,44-/m0/s1. The van der Waals surface area contributed by atoms with Crippen LogP contribution < -0.4 is 4.74 Å². The van der Waals surface area contributed by atoms with E-state index in [-0.39, 0.29) is 5.41 Å². The fourth-order valence-electron chi connectivity index (χ4n) is 8.14. The molecule has 0 bridgehead atoms. The van der Waals surface area contributed by atoms with Crippen molar-refractivity contribution >= 4 is 21.8 Å². The number of unbranched alkanes of at least 4 members (excludes halogenated alkanes) is 1. The summed E-state index contributed by atoms with van der Waals surface area (Å²) in [7, 11) is 0. The molecule has 264 valence electrons. The smallest absolute Gasteiger partial charge is 0.137 e. The van der Waals surface area contributed by atoms with Crippen LogP contribution in [0.4, 0.5) is 0 Å². The van der Waals surface area contributed by atoms with Crippen LogP contribution in [0, 0.1) is 12.8 Å². The Morgan fingerprint density at radius 1 is 0.902 bits per heavy atom. The maximum Gasteiger partial charge on any atom is 0.137 e. The van der Waals surface area contributed by atoms with Crippen LogP contribution in [0.2, 0.25) is 0 Å². The van der Waals surface area contributed by atoms with Crippen molar-refractivity contribution in [1.82, 2.24) is 19.3 Å². The summed E-state index contributed by atoms with van der Waals surface area (Å²) >= 11 is 0. The first-order valence-corrected chi connectivity index (χ1v) is 19.0. The maximum atomic E-state index is 6.83. The lowest BCUT2D eigenvalue weighted by Gasteiger charge is -2.30. The molecule has 3 aromatic heterocycles. The van der Waals surface area contributed by atoms with Crippen molar-refractivity contribution in [3.05, 3.63) is 119 Å². The molecule has 1 unspecified atom stereocenters. The van der Waals surface area contributed by atoms with Crippen LogP contribution in [-0.2, 0) is 11.8 Å². The quantitative estimate of drug-likeness (QED) is 0.143. The summed E-state index contributed by atoms with van der Waals surface area (Å²) in [6, 6.07) is 26.1. The highest BCUT2D eigenvalue weighted by atomic mass is 16.5.